The van der Waals surface area contributed by atoms with Gasteiger partial charge in [0, 0.05) is 37.6 Å². The molecule has 0 atom stereocenters. The average molecular weight is 306 g/mol. The molecule has 0 saturated carbocycles. The van der Waals surface area contributed by atoms with Crippen LogP contribution in [0.3, 0.4) is 0 Å². The normalized spacial score (nSPS) is 16.5. The molecule has 0 aromatic carbocycles. The van der Waals surface area contributed by atoms with Gasteiger partial charge in [0.1, 0.15) is 0 Å². The van der Waals surface area contributed by atoms with E-state index in [1.165, 1.54) is 5.56 Å². The van der Waals surface area contributed by atoms with E-state index >= 15 is 0 Å². The lowest BCUT2D eigenvalue weighted by Gasteiger charge is -2.34. The number of hydrogen-bond acceptors (Lipinski definition) is 4. The van der Waals surface area contributed by atoms with Crippen LogP contribution in [-0.4, -0.2) is 41.9 Å². The molecule has 1 saturated heterocycles. The Morgan fingerprint density at radius 2 is 2.00 bits per heavy atom. The van der Waals surface area contributed by atoms with E-state index in [0.29, 0.717) is 6.42 Å². The van der Waals surface area contributed by atoms with E-state index in [1.54, 1.807) is 22.7 Å². The van der Waals surface area contributed by atoms with Gasteiger partial charge < -0.3 is 4.90 Å². The van der Waals surface area contributed by atoms with Crippen molar-refractivity contribution >= 4 is 28.6 Å². The summed E-state index contributed by atoms with van der Waals surface area (Å²) in [4.78, 5) is 17.8. The number of rotatable bonds is 4. The van der Waals surface area contributed by atoms with E-state index in [9.17, 15) is 4.79 Å². The van der Waals surface area contributed by atoms with Crippen LogP contribution in [0.5, 0.6) is 0 Å². The van der Waals surface area contributed by atoms with Gasteiger partial charge >= 0.3 is 0 Å². The summed E-state index contributed by atoms with van der Waals surface area (Å²) < 4.78 is 0. The van der Waals surface area contributed by atoms with E-state index < -0.39 is 0 Å². The molecule has 1 amide bonds. The van der Waals surface area contributed by atoms with Crippen molar-refractivity contribution in [2.24, 2.45) is 0 Å². The number of carbonyl (C=O) groups excluding carboxylic acids is 1. The summed E-state index contributed by atoms with van der Waals surface area (Å²) in [5.74, 6) is 0.266. The first kappa shape index (κ1) is 13.8. The second-order valence-electron chi connectivity index (χ2n) is 5.04. The maximum absolute atomic E-state index is 12.2. The Kier molecular flexibility index (Phi) is 4.50. The SMILES string of the molecule is O=C(Cc1cccs1)N1CCN(Cc2ccsc2)CC1. The third-order valence-electron chi connectivity index (χ3n) is 3.62. The Balaban J connectivity index is 1.47. The number of hydrogen-bond donors (Lipinski definition) is 0. The van der Waals surface area contributed by atoms with Gasteiger partial charge in [0.25, 0.3) is 0 Å². The fourth-order valence-electron chi connectivity index (χ4n) is 2.47. The molecule has 1 fully saturated rings. The third kappa shape index (κ3) is 3.48. The largest absolute Gasteiger partial charge is 0.340 e. The lowest BCUT2D eigenvalue weighted by atomic mass is 10.2. The zero-order valence-electron chi connectivity index (χ0n) is 11.3. The first-order valence-corrected chi connectivity index (χ1v) is 8.67. The number of piperazine rings is 1. The van der Waals surface area contributed by atoms with E-state index in [4.69, 9.17) is 0 Å². The molecule has 106 valence electrons. The molecule has 0 N–H and O–H groups in total. The Morgan fingerprint density at radius 3 is 2.65 bits per heavy atom. The second kappa shape index (κ2) is 6.52. The van der Waals surface area contributed by atoms with Gasteiger partial charge in [-0.2, -0.15) is 11.3 Å². The molecule has 3 nitrogen and oxygen atoms in total. The maximum atomic E-state index is 12.2. The summed E-state index contributed by atoms with van der Waals surface area (Å²) in [6, 6.07) is 6.22. The van der Waals surface area contributed by atoms with Gasteiger partial charge in [-0.1, -0.05) is 6.07 Å². The molecule has 0 aliphatic carbocycles. The van der Waals surface area contributed by atoms with Gasteiger partial charge in [0.15, 0.2) is 0 Å². The van der Waals surface area contributed by atoms with Crippen molar-refractivity contribution in [3.8, 4) is 0 Å². The van der Waals surface area contributed by atoms with Crippen LogP contribution in [0.4, 0.5) is 0 Å². The first-order chi connectivity index (χ1) is 9.81. The van der Waals surface area contributed by atoms with Gasteiger partial charge in [0.05, 0.1) is 6.42 Å². The molecular weight excluding hydrogens is 288 g/mol. The predicted molar refractivity (Wildman–Crippen MR) is 84.2 cm³/mol. The van der Waals surface area contributed by atoms with Crippen molar-refractivity contribution in [1.82, 2.24) is 9.80 Å². The van der Waals surface area contributed by atoms with Crippen molar-refractivity contribution in [3.05, 3.63) is 44.8 Å². The van der Waals surface area contributed by atoms with Crippen molar-refractivity contribution in [3.63, 3.8) is 0 Å². The molecule has 1 aliphatic heterocycles. The molecule has 3 heterocycles. The summed E-state index contributed by atoms with van der Waals surface area (Å²) in [6.07, 6.45) is 0.558. The Labute approximate surface area is 127 Å². The fourth-order valence-corrected chi connectivity index (χ4v) is 3.83. The predicted octanol–water partition coefficient (Wildman–Crippen LogP) is 2.70. The number of nitrogens with zero attached hydrogens (tertiary/aromatic N) is 2. The van der Waals surface area contributed by atoms with E-state index in [0.717, 1.165) is 37.6 Å². The lowest BCUT2D eigenvalue weighted by molar-refractivity contribution is -0.132. The molecule has 0 bridgehead atoms. The quantitative estimate of drug-likeness (QED) is 0.867. The zero-order chi connectivity index (χ0) is 13.8. The third-order valence-corrected chi connectivity index (χ3v) is 5.23. The van der Waals surface area contributed by atoms with Crippen LogP contribution in [0.1, 0.15) is 10.4 Å². The van der Waals surface area contributed by atoms with Crippen molar-refractivity contribution in [2.75, 3.05) is 26.2 Å². The highest BCUT2D eigenvalue weighted by Gasteiger charge is 2.21. The summed E-state index contributed by atoms with van der Waals surface area (Å²) in [5.41, 5.74) is 1.38. The molecule has 0 radical (unpaired) electrons. The first-order valence-electron chi connectivity index (χ1n) is 6.85. The monoisotopic (exact) mass is 306 g/mol. The van der Waals surface area contributed by atoms with Crippen LogP contribution >= 0.6 is 22.7 Å². The van der Waals surface area contributed by atoms with Crippen LogP contribution < -0.4 is 0 Å². The number of carbonyl (C=O) groups is 1. The van der Waals surface area contributed by atoms with Crippen molar-refractivity contribution in [1.29, 1.82) is 0 Å². The van der Waals surface area contributed by atoms with Crippen molar-refractivity contribution in [2.45, 2.75) is 13.0 Å². The van der Waals surface area contributed by atoms with Crippen LogP contribution in [-0.2, 0) is 17.8 Å². The van der Waals surface area contributed by atoms with Gasteiger partial charge in [-0.3, -0.25) is 9.69 Å². The molecule has 5 heteroatoms. The molecule has 2 aromatic rings. The minimum Gasteiger partial charge on any atom is -0.340 e. The van der Waals surface area contributed by atoms with Gasteiger partial charge in [-0.25, -0.2) is 0 Å². The lowest BCUT2D eigenvalue weighted by Crippen LogP contribution is -2.48. The van der Waals surface area contributed by atoms with Gasteiger partial charge in [0.2, 0.25) is 5.91 Å². The zero-order valence-corrected chi connectivity index (χ0v) is 13.0. The van der Waals surface area contributed by atoms with Crippen LogP contribution in [0.25, 0.3) is 0 Å². The topological polar surface area (TPSA) is 23.6 Å². The van der Waals surface area contributed by atoms with Crippen LogP contribution in [0, 0.1) is 0 Å². The highest BCUT2D eigenvalue weighted by atomic mass is 32.1. The molecule has 3 rings (SSSR count). The fraction of sp³-hybridized carbons (Fsp3) is 0.400. The summed E-state index contributed by atoms with van der Waals surface area (Å²) in [5, 5.41) is 6.35. The highest BCUT2D eigenvalue weighted by Crippen LogP contribution is 2.14. The van der Waals surface area contributed by atoms with Gasteiger partial charge in [-0.15, -0.1) is 11.3 Å². The van der Waals surface area contributed by atoms with Gasteiger partial charge in [-0.05, 0) is 33.8 Å². The minimum absolute atomic E-state index is 0.266. The van der Waals surface area contributed by atoms with Crippen molar-refractivity contribution < 1.29 is 4.79 Å². The van der Waals surface area contributed by atoms with Crippen LogP contribution in [0.15, 0.2) is 34.3 Å². The summed E-state index contributed by atoms with van der Waals surface area (Å²) in [6.45, 7) is 4.68. The maximum Gasteiger partial charge on any atom is 0.227 e. The summed E-state index contributed by atoms with van der Waals surface area (Å²) >= 11 is 3.41. The van der Waals surface area contributed by atoms with E-state index in [-0.39, 0.29) is 5.91 Å². The molecule has 20 heavy (non-hydrogen) atoms. The van der Waals surface area contributed by atoms with E-state index in [2.05, 4.69) is 21.7 Å². The Morgan fingerprint density at radius 1 is 1.15 bits per heavy atom. The summed E-state index contributed by atoms with van der Waals surface area (Å²) in [7, 11) is 0. The second-order valence-corrected chi connectivity index (χ2v) is 6.86. The standard InChI is InChI=1S/C15H18N2OS2/c18-15(10-14-2-1-8-20-14)17-6-4-16(5-7-17)11-13-3-9-19-12-13/h1-3,8-9,12H,4-7,10-11H2. The van der Waals surface area contributed by atoms with Crippen LogP contribution in [0.2, 0.25) is 0 Å². The smallest absolute Gasteiger partial charge is 0.227 e. The Bertz CT molecular complexity index is 528. The highest BCUT2D eigenvalue weighted by molar-refractivity contribution is 7.10. The number of amides is 1. The van der Waals surface area contributed by atoms with E-state index in [1.807, 2.05) is 22.4 Å². The number of thiophene rings is 2. The average Bonchev–Trinajstić information content (AvgIpc) is 3.13. The molecular formula is C15H18N2OS2. The molecule has 0 unspecified atom stereocenters. The molecule has 0 spiro atoms. The minimum atomic E-state index is 0.266. The molecule has 1 aliphatic rings. The Hall–Kier alpha value is -1.17. The molecule has 2 aromatic heterocycles.